The van der Waals surface area contributed by atoms with Crippen LogP contribution in [0.5, 0.6) is 5.88 Å². The summed E-state index contributed by atoms with van der Waals surface area (Å²) < 4.78 is 50.5. The van der Waals surface area contributed by atoms with Gasteiger partial charge >= 0.3 is 12.1 Å². The molecule has 1 N–H and O–H groups in total. The van der Waals surface area contributed by atoms with E-state index in [1.807, 2.05) is 18.2 Å². The Morgan fingerprint density at radius 1 is 1.29 bits per heavy atom. The van der Waals surface area contributed by atoms with Crippen LogP contribution < -0.4 is 4.74 Å². The van der Waals surface area contributed by atoms with Gasteiger partial charge in [-0.2, -0.15) is 18.3 Å². The molecule has 2 aliphatic rings. The molecule has 1 unspecified atom stereocenters. The third-order valence-corrected chi connectivity index (χ3v) is 5.24. The second-order valence-corrected chi connectivity index (χ2v) is 7.85. The topological polar surface area (TPSA) is 116 Å². The smallest absolute Gasteiger partial charge is 0.475 e. The molecule has 1 spiro atoms. The zero-order valence-corrected chi connectivity index (χ0v) is 18.4. The number of methoxy groups -OCH3 is 1. The van der Waals surface area contributed by atoms with Crippen molar-refractivity contribution in [3.63, 3.8) is 0 Å². The molecule has 0 saturated carbocycles. The van der Waals surface area contributed by atoms with Crippen LogP contribution in [0.15, 0.2) is 36.7 Å². The highest BCUT2D eigenvalue weighted by Crippen LogP contribution is 2.36. The maximum atomic E-state index is 12.6. The highest BCUT2D eigenvalue weighted by atomic mass is 19.4. The molecule has 0 aromatic carbocycles. The first kappa shape index (κ1) is 25.4. The van der Waals surface area contributed by atoms with E-state index in [-0.39, 0.29) is 17.6 Å². The summed E-state index contributed by atoms with van der Waals surface area (Å²) in [5.41, 5.74) is 0.143. The van der Waals surface area contributed by atoms with Crippen LogP contribution in [0.2, 0.25) is 0 Å². The third-order valence-electron chi connectivity index (χ3n) is 5.24. The largest absolute Gasteiger partial charge is 0.490 e. The van der Waals surface area contributed by atoms with Gasteiger partial charge in [-0.05, 0) is 12.1 Å². The van der Waals surface area contributed by atoms with E-state index in [2.05, 4.69) is 10.1 Å². The fourth-order valence-corrected chi connectivity index (χ4v) is 3.63. The van der Waals surface area contributed by atoms with Crippen LogP contribution in [0.4, 0.5) is 13.2 Å². The number of rotatable bonds is 6. The van der Waals surface area contributed by atoms with Crippen LogP contribution in [-0.4, -0.2) is 87.9 Å². The molecule has 34 heavy (non-hydrogen) atoms. The quantitative estimate of drug-likeness (QED) is 0.659. The lowest BCUT2D eigenvalue weighted by molar-refractivity contribution is -0.192. The highest BCUT2D eigenvalue weighted by molar-refractivity contribution is 5.93. The van der Waals surface area contributed by atoms with Crippen LogP contribution in [0.3, 0.4) is 0 Å². The summed E-state index contributed by atoms with van der Waals surface area (Å²) in [4.78, 5) is 27.5. The van der Waals surface area contributed by atoms with Crippen LogP contribution in [0.1, 0.15) is 23.3 Å². The number of amides is 1. The molecule has 0 radical (unpaired) electrons. The number of carbonyl (C=O) groups is 2. The van der Waals surface area contributed by atoms with E-state index in [1.165, 1.54) is 0 Å². The molecule has 2 aromatic heterocycles. The van der Waals surface area contributed by atoms with Gasteiger partial charge in [0.1, 0.15) is 17.4 Å². The second kappa shape index (κ2) is 10.8. The standard InChI is InChI=1S/C19H24N4O4.C2HF3O2/c1-25-11-9-23-8-5-16(21-23)18(24)22-13-19(14-22)12-15(6-10-26-19)27-17-4-2-3-7-20-17;3-2(4,5)1(6)7/h2-5,7-8,15H,6,9-14H2,1H3;(H,6,7). The molecule has 4 rings (SSSR count). The molecule has 186 valence electrons. The summed E-state index contributed by atoms with van der Waals surface area (Å²) in [6.07, 6.45) is 0.0839. The van der Waals surface area contributed by atoms with E-state index in [1.54, 1.807) is 35.2 Å². The summed E-state index contributed by atoms with van der Waals surface area (Å²) in [5, 5.41) is 11.5. The molecular weight excluding hydrogens is 461 g/mol. The molecule has 1 atom stereocenters. The number of carboxylic acids is 1. The lowest BCUT2D eigenvalue weighted by atomic mass is 9.84. The van der Waals surface area contributed by atoms with Gasteiger partial charge in [-0.1, -0.05) is 6.07 Å². The molecule has 2 aliphatic heterocycles. The molecule has 13 heteroatoms. The molecule has 2 aromatic rings. The minimum atomic E-state index is -5.08. The first-order valence-corrected chi connectivity index (χ1v) is 10.5. The van der Waals surface area contributed by atoms with Gasteiger partial charge in [-0.3, -0.25) is 9.48 Å². The maximum Gasteiger partial charge on any atom is 0.490 e. The number of carbonyl (C=O) groups excluding carboxylic acids is 1. The number of alkyl halides is 3. The SMILES string of the molecule is COCCn1ccc(C(=O)N2CC3(CC(Oc4ccccn4)CCO3)C2)n1.O=C(O)C(F)(F)F. The zero-order valence-electron chi connectivity index (χ0n) is 18.4. The first-order valence-electron chi connectivity index (χ1n) is 10.5. The molecular formula is C21H25F3N4O6. The van der Waals surface area contributed by atoms with Crippen molar-refractivity contribution in [1.29, 1.82) is 0 Å². The Morgan fingerprint density at radius 3 is 2.65 bits per heavy atom. The van der Waals surface area contributed by atoms with Gasteiger partial charge in [-0.25, -0.2) is 9.78 Å². The number of carboxylic acid groups (broad SMARTS) is 1. The average molecular weight is 486 g/mol. The van der Waals surface area contributed by atoms with Gasteiger partial charge in [0.05, 0.1) is 32.8 Å². The number of hydrogen-bond acceptors (Lipinski definition) is 7. The Labute approximate surface area is 193 Å². The molecule has 0 aliphatic carbocycles. The number of pyridine rings is 1. The predicted molar refractivity (Wildman–Crippen MR) is 110 cm³/mol. The molecule has 0 bridgehead atoms. The number of halogens is 3. The number of likely N-dealkylation sites (tertiary alicyclic amines) is 1. The van der Waals surface area contributed by atoms with Gasteiger partial charge in [-0.15, -0.1) is 0 Å². The Bertz CT molecular complexity index is 963. The summed E-state index contributed by atoms with van der Waals surface area (Å²) in [6, 6.07) is 7.38. The van der Waals surface area contributed by atoms with Crippen molar-refractivity contribution in [2.45, 2.75) is 37.3 Å². The Kier molecular flexibility index (Phi) is 8.10. The van der Waals surface area contributed by atoms with Crippen LogP contribution in [0.25, 0.3) is 0 Å². The van der Waals surface area contributed by atoms with E-state index in [0.29, 0.717) is 44.4 Å². The molecule has 4 heterocycles. The fraction of sp³-hybridized carbons (Fsp3) is 0.524. The lowest BCUT2D eigenvalue weighted by Crippen LogP contribution is -2.67. The van der Waals surface area contributed by atoms with Crippen molar-refractivity contribution >= 4 is 11.9 Å². The van der Waals surface area contributed by atoms with Gasteiger partial charge in [0.15, 0.2) is 0 Å². The minimum absolute atomic E-state index is 0.0548. The number of hydrogen-bond donors (Lipinski definition) is 1. The summed E-state index contributed by atoms with van der Waals surface area (Å²) >= 11 is 0. The van der Waals surface area contributed by atoms with Crippen LogP contribution in [0, 0.1) is 0 Å². The van der Waals surface area contributed by atoms with Crippen molar-refractivity contribution in [2.24, 2.45) is 0 Å². The summed E-state index contributed by atoms with van der Waals surface area (Å²) in [7, 11) is 1.64. The first-order chi connectivity index (χ1) is 16.1. The van der Waals surface area contributed by atoms with E-state index in [4.69, 9.17) is 24.1 Å². The lowest BCUT2D eigenvalue weighted by Gasteiger charge is -2.52. The maximum absolute atomic E-state index is 12.6. The minimum Gasteiger partial charge on any atom is -0.475 e. The van der Waals surface area contributed by atoms with Gasteiger partial charge in [0, 0.05) is 38.4 Å². The molecule has 2 fully saturated rings. The Balaban J connectivity index is 0.000000406. The summed E-state index contributed by atoms with van der Waals surface area (Å²) in [6.45, 7) is 2.96. The van der Waals surface area contributed by atoms with Gasteiger partial charge < -0.3 is 24.2 Å². The number of aromatic nitrogens is 3. The van der Waals surface area contributed by atoms with Gasteiger partial charge in [0.25, 0.3) is 5.91 Å². The van der Waals surface area contributed by atoms with Crippen LogP contribution in [-0.2, 0) is 20.8 Å². The van der Waals surface area contributed by atoms with Crippen molar-refractivity contribution in [1.82, 2.24) is 19.7 Å². The third kappa shape index (κ3) is 6.67. The fourth-order valence-electron chi connectivity index (χ4n) is 3.63. The van der Waals surface area contributed by atoms with Crippen molar-refractivity contribution in [3.8, 4) is 5.88 Å². The van der Waals surface area contributed by atoms with E-state index in [9.17, 15) is 18.0 Å². The molecule has 1 amide bonds. The number of ether oxygens (including phenoxy) is 3. The van der Waals surface area contributed by atoms with E-state index < -0.39 is 12.1 Å². The number of nitrogens with zero attached hydrogens (tertiary/aromatic N) is 4. The van der Waals surface area contributed by atoms with Crippen molar-refractivity contribution in [3.05, 3.63) is 42.4 Å². The second-order valence-electron chi connectivity index (χ2n) is 7.85. The van der Waals surface area contributed by atoms with E-state index >= 15 is 0 Å². The molecule has 10 nitrogen and oxygen atoms in total. The van der Waals surface area contributed by atoms with Crippen molar-refractivity contribution < 1.29 is 42.1 Å². The summed E-state index contributed by atoms with van der Waals surface area (Å²) in [5.74, 6) is -2.19. The van der Waals surface area contributed by atoms with Gasteiger partial charge in [0.2, 0.25) is 5.88 Å². The Hall–Kier alpha value is -3.19. The monoisotopic (exact) mass is 486 g/mol. The number of aliphatic carboxylic acids is 1. The van der Waals surface area contributed by atoms with Crippen molar-refractivity contribution in [2.75, 3.05) is 33.4 Å². The predicted octanol–water partition coefficient (Wildman–Crippen LogP) is 2.01. The zero-order chi connectivity index (χ0) is 24.8. The van der Waals surface area contributed by atoms with E-state index in [0.717, 1.165) is 12.8 Å². The van der Waals surface area contributed by atoms with Crippen LogP contribution >= 0.6 is 0 Å². The Morgan fingerprint density at radius 2 is 2.03 bits per heavy atom. The molecule has 2 saturated heterocycles. The normalized spacial score (nSPS) is 19.1. The highest BCUT2D eigenvalue weighted by Gasteiger charge is 2.50. The average Bonchev–Trinajstić information content (AvgIpc) is 3.25.